The van der Waals surface area contributed by atoms with Gasteiger partial charge in [0.15, 0.2) is 0 Å². The van der Waals surface area contributed by atoms with Gasteiger partial charge in [-0.05, 0) is 38.8 Å². The van der Waals surface area contributed by atoms with Gasteiger partial charge in [-0.25, -0.2) is 8.42 Å². The summed E-state index contributed by atoms with van der Waals surface area (Å²) < 4.78 is 31.4. The third kappa shape index (κ3) is 7.67. The van der Waals surface area contributed by atoms with E-state index in [0.717, 1.165) is 22.2 Å². The first-order valence-electron chi connectivity index (χ1n) is 11.3. The third-order valence-electron chi connectivity index (χ3n) is 5.40. The van der Waals surface area contributed by atoms with Crippen molar-refractivity contribution in [2.75, 3.05) is 30.8 Å². The molecule has 0 aromatic heterocycles. The molecule has 0 fully saturated rings. The summed E-state index contributed by atoms with van der Waals surface area (Å²) in [6.07, 6.45) is 1.33. The highest BCUT2D eigenvalue weighted by molar-refractivity contribution is 7.92. The van der Waals surface area contributed by atoms with Gasteiger partial charge in [0, 0.05) is 24.7 Å². The minimum absolute atomic E-state index is 0.0419. The molecule has 2 amide bonds. The Morgan fingerprint density at radius 2 is 1.75 bits per heavy atom. The van der Waals surface area contributed by atoms with Crippen LogP contribution < -0.4 is 14.4 Å². The van der Waals surface area contributed by atoms with Crippen LogP contribution in [0.1, 0.15) is 26.3 Å². The molecule has 0 heterocycles. The average molecular weight is 521 g/mol. The van der Waals surface area contributed by atoms with Gasteiger partial charge in [-0.1, -0.05) is 30.3 Å². The number of anilines is 1. The van der Waals surface area contributed by atoms with E-state index in [2.05, 4.69) is 5.32 Å². The van der Waals surface area contributed by atoms with Crippen molar-refractivity contribution in [3.05, 3.63) is 64.2 Å². The lowest BCUT2D eigenvalue weighted by atomic mass is 10.1. The quantitative estimate of drug-likeness (QED) is 0.335. The molecule has 0 bridgehead atoms. The normalized spacial score (nSPS) is 12.1. The zero-order chi connectivity index (χ0) is 27.0. The summed E-state index contributed by atoms with van der Waals surface area (Å²) >= 11 is 0. The highest BCUT2D eigenvalue weighted by atomic mass is 32.2. The Kier molecular flexibility index (Phi) is 9.79. The van der Waals surface area contributed by atoms with Gasteiger partial charge >= 0.3 is 0 Å². The van der Waals surface area contributed by atoms with Crippen LogP contribution >= 0.6 is 0 Å². The summed E-state index contributed by atoms with van der Waals surface area (Å²) in [6.45, 7) is 4.63. The number of nitrogens with one attached hydrogen (secondary N) is 1. The van der Waals surface area contributed by atoms with Crippen LogP contribution in [0.3, 0.4) is 0 Å². The van der Waals surface area contributed by atoms with Gasteiger partial charge in [-0.3, -0.25) is 24.0 Å². The maximum absolute atomic E-state index is 13.5. The van der Waals surface area contributed by atoms with Crippen LogP contribution in [-0.4, -0.2) is 68.6 Å². The predicted molar refractivity (Wildman–Crippen MR) is 136 cm³/mol. The molecule has 1 N–H and O–H groups in total. The summed E-state index contributed by atoms with van der Waals surface area (Å²) in [6, 6.07) is 11.8. The van der Waals surface area contributed by atoms with Gasteiger partial charge in [-0.15, -0.1) is 0 Å². The molecular weight excluding hydrogens is 488 g/mol. The molecule has 1 atom stereocenters. The van der Waals surface area contributed by atoms with Crippen molar-refractivity contribution in [3.63, 3.8) is 0 Å². The van der Waals surface area contributed by atoms with Crippen LogP contribution in [0.5, 0.6) is 5.75 Å². The van der Waals surface area contributed by atoms with Gasteiger partial charge in [0.1, 0.15) is 24.0 Å². The minimum Gasteiger partial charge on any atom is -0.495 e. The number of carbonyl (C=O) groups is 2. The Labute approximate surface area is 211 Å². The lowest BCUT2D eigenvalue weighted by molar-refractivity contribution is -0.384. The van der Waals surface area contributed by atoms with Gasteiger partial charge in [0.2, 0.25) is 21.8 Å². The second-order valence-electron chi connectivity index (χ2n) is 8.54. The van der Waals surface area contributed by atoms with E-state index in [1.165, 1.54) is 24.1 Å². The van der Waals surface area contributed by atoms with Crippen molar-refractivity contribution < 1.29 is 27.7 Å². The van der Waals surface area contributed by atoms with E-state index in [9.17, 15) is 28.1 Å². The smallest absolute Gasteiger partial charge is 0.271 e. The van der Waals surface area contributed by atoms with Gasteiger partial charge in [-0.2, -0.15) is 0 Å². The van der Waals surface area contributed by atoms with Crippen LogP contribution in [0.4, 0.5) is 11.4 Å². The van der Waals surface area contributed by atoms with Crippen LogP contribution in [0.15, 0.2) is 48.5 Å². The monoisotopic (exact) mass is 520 g/mol. The summed E-state index contributed by atoms with van der Waals surface area (Å²) in [5.41, 5.74) is 0.425. The molecule has 2 aromatic rings. The van der Waals surface area contributed by atoms with E-state index in [4.69, 9.17) is 4.74 Å². The molecule has 0 saturated heterocycles. The van der Waals surface area contributed by atoms with E-state index in [0.29, 0.717) is 6.42 Å². The number of nitro benzene ring substituents is 1. The number of hydrogen-bond donors (Lipinski definition) is 1. The molecule has 0 unspecified atom stereocenters. The van der Waals surface area contributed by atoms with Gasteiger partial charge in [0.25, 0.3) is 5.69 Å². The second kappa shape index (κ2) is 12.3. The zero-order valence-corrected chi connectivity index (χ0v) is 21.8. The first kappa shape index (κ1) is 28.6. The molecular formula is C24H32N4O7S. The van der Waals surface area contributed by atoms with E-state index in [1.54, 1.807) is 20.8 Å². The standard InChI is InChI=1S/C24H32N4O7S/c1-17(2)25-24(30)18(3)26(14-13-19-9-7-6-8-10-19)23(29)16-27(36(5,33)34)21-15-20(28(31)32)11-12-22(21)35-4/h6-12,15,17-18H,13-14,16H2,1-5H3,(H,25,30)/t18-/m0/s1. The highest BCUT2D eigenvalue weighted by Crippen LogP contribution is 2.33. The summed E-state index contributed by atoms with van der Waals surface area (Å²) in [7, 11) is -2.78. The maximum Gasteiger partial charge on any atom is 0.271 e. The number of hydrogen-bond acceptors (Lipinski definition) is 7. The van der Waals surface area contributed by atoms with Crippen molar-refractivity contribution in [3.8, 4) is 5.75 Å². The molecule has 2 rings (SSSR count). The largest absolute Gasteiger partial charge is 0.495 e. The molecule has 0 saturated carbocycles. The molecule has 12 heteroatoms. The molecule has 196 valence electrons. The first-order chi connectivity index (χ1) is 16.8. The van der Waals surface area contributed by atoms with Crippen molar-refractivity contribution in [1.82, 2.24) is 10.2 Å². The van der Waals surface area contributed by atoms with E-state index >= 15 is 0 Å². The lowest BCUT2D eigenvalue weighted by Crippen LogP contribution is -2.53. The Morgan fingerprint density at radius 3 is 2.28 bits per heavy atom. The number of ether oxygens (including phenoxy) is 1. The SMILES string of the molecule is COc1ccc([N+](=O)[O-])cc1N(CC(=O)N(CCc1ccccc1)[C@@H](C)C(=O)NC(C)C)S(C)(=O)=O. The number of rotatable bonds is 12. The number of nitro groups is 1. The van der Waals surface area contributed by atoms with E-state index < -0.39 is 33.4 Å². The van der Waals surface area contributed by atoms with Crippen molar-refractivity contribution in [2.24, 2.45) is 0 Å². The zero-order valence-electron chi connectivity index (χ0n) is 21.0. The van der Waals surface area contributed by atoms with Gasteiger partial charge in [0.05, 0.1) is 18.3 Å². The number of methoxy groups -OCH3 is 1. The van der Waals surface area contributed by atoms with Crippen molar-refractivity contribution in [1.29, 1.82) is 0 Å². The lowest BCUT2D eigenvalue weighted by Gasteiger charge is -2.32. The fourth-order valence-corrected chi connectivity index (χ4v) is 4.40. The van der Waals surface area contributed by atoms with Gasteiger partial charge < -0.3 is 15.0 Å². The van der Waals surface area contributed by atoms with E-state index in [-0.39, 0.29) is 35.6 Å². The first-order valence-corrected chi connectivity index (χ1v) is 13.1. The Bertz CT molecular complexity index is 1190. The fraction of sp³-hybridized carbons (Fsp3) is 0.417. The Hall–Kier alpha value is -3.67. The van der Waals surface area contributed by atoms with Crippen LogP contribution in [-0.2, 0) is 26.0 Å². The third-order valence-corrected chi connectivity index (χ3v) is 6.53. The highest BCUT2D eigenvalue weighted by Gasteiger charge is 2.31. The summed E-state index contributed by atoms with van der Waals surface area (Å²) in [5, 5.41) is 14.1. The molecule has 2 aromatic carbocycles. The summed E-state index contributed by atoms with van der Waals surface area (Å²) in [4.78, 5) is 38.2. The predicted octanol–water partition coefficient (Wildman–Crippen LogP) is 2.35. The Balaban J connectivity index is 2.44. The number of non-ortho nitro benzene ring substituents is 1. The van der Waals surface area contributed by atoms with E-state index in [1.807, 2.05) is 30.3 Å². The number of carbonyl (C=O) groups excluding carboxylic acids is 2. The topological polar surface area (TPSA) is 139 Å². The molecule has 0 aliphatic rings. The van der Waals surface area contributed by atoms with Crippen molar-refractivity contribution in [2.45, 2.75) is 39.3 Å². The van der Waals surface area contributed by atoms with Crippen molar-refractivity contribution >= 4 is 33.2 Å². The van der Waals surface area contributed by atoms with Crippen LogP contribution in [0.25, 0.3) is 0 Å². The number of sulfonamides is 1. The average Bonchev–Trinajstić information content (AvgIpc) is 2.81. The molecule has 0 radical (unpaired) electrons. The fourth-order valence-electron chi connectivity index (χ4n) is 3.56. The number of nitrogens with zero attached hydrogens (tertiary/aromatic N) is 3. The minimum atomic E-state index is -4.07. The number of amides is 2. The number of benzene rings is 2. The molecule has 0 spiro atoms. The Morgan fingerprint density at radius 1 is 1.11 bits per heavy atom. The molecule has 36 heavy (non-hydrogen) atoms. The maximum atomic E-state index is 13.5. The second-order valence-corrected chi connectivity index (χ2v) is 10.5. The summed E-state index contributed by atoms with van der Waals surface area (Å²) in [5.74, 6) is -0.984. The molecule has 0 aliphatic carbocycles. The van der Waals surface area contributed by atoms with Crippen LogP contribution in [0, 0.1) is 10.1 Å². The molecule has 0 aliphatic heterocycles. The van der Waals surface area contributed by atoms with Crippen LogP contribution in [0.2, 0.25) is 0 Å². The molecule has 11 nitrogen and oxygen atoms in total.